The Kier molecular flexibility index (Phi) is 5.63. The molecule has 1 amide bonds. The quantitative estimate of drug-likeness (QED) is 0.489. The van der Waals surface area contributed by atoms with E-state index in [1.807, 2.05) is 42.5 Å². The average Bonchev–Trinajstić information content (AvgIpc) is 2.69. The van der Waals surface area contributed by atoms with Crippen LogP contribution in [0.15, 0.2) is 71.8 Å². The first-order chi connectivity index (χ1) is 13.3. The van der Waals surface area contributed by atoms with Gasteiger partial charge in [0.05, 0.1) is 17.8 Å². The van der Waals surface area contributed by atoms with E-state index >= 15 is 0 Å². The number of fused-ring (bicyclic) bond motifs is 1. The van der Waals surface area contributed by atoms with Crippen LogP contribution < -0.4 is 10.7 Å². The van der Waals surface area contributed by atoms with E-state index in [0.717, 1.165) is 28.5 Å². The van der Waals surface area contributed by atoms with Gasteiger partial charge in [-0.1, -0.05) is 42.5 Å². The van der Waals surface area contributed by atoms with Gasteiger partial charge in [-0.3, -0.25) is 4.79 Å². The minimum Gasteiger partial charge on any atom is -0.376 e. The predicted molar refractivity (Wildman–Crippen MR) is 104 cm³/mol. The van der Waals surface area contributed by atoms with Gasteiger partial charge in [0.25, 0.3) is 5.91 Å². The van der Waals surface area contributed by atoms with Gasteiger partial charge in [-0.2, -0.15) is 18.3 Å². The van der Waals surface area contributed by atoms with Crippen LogP contribution in [0.5, 0.6) is 0 Å². The molecule has 0 saturated heterocycles. The highest BCUT2D eigenvalue weighted by Crippen LogP contribution is 2.30. The predicted octanol–water partition coefficient (Wildman–Crippen LogP) is 4.81. The molecule has 4 nitrogen and oxygen atoms in total. The molecule has 144 valence electrons. The number of anilines is 1. The smallest absolute Gasteiger partial charge is 0.376 e. The number of alkyl halides is 3. The third-order valence-electron chi connectivity index (χ3n) is 4.16. The van der Waals surface area contributed by atoms with Crippen LogP contribution in [0.3, 0.4) is 0 Å². The zero-order chi connectivity index (χ0) is 20.1. The number of benzene rings is 3. The molecule has 2 N–H and O–H groups in total. The molecule has 3 aromatic carbocycles. The van der Waals surface area contributed by atoms with Crippen molar-refractivity contribution in [3.8, 4) is 0 Å². The molecule has 0 atom stereocenters. The normalized spacial score (nSPS) is 12.1. The Morgan fingerprint density at radius 1 is 0.964 bits per heavy atom. The van der Waals surface area contributed by atoms with Crippen LogP contribution in [-0.4, -0.2) is 18.2 Å². The van der Waals surface area contributed by atoms with E-state index in [1.54, 1.807) is 6.92 Å². The van der Waals surface area contributed by atoms with Crippen molar-refractivity contribution in [2.75, 3.05) is 11.9 Å². The first kappa shape index (κ1) is 19.4. The van der Waals surface area contributed by atoms with Crippen molar-refractivity contribution in [1.82, 2.24) is 5.43 Å². The first-order valence-electron chi connectivity index (χ1n) is 8.56. The minimum atomic E-state index is -4.43. The molecule has 28 heavy (non-hydrogen) atoms. The molecule has 7 heteroatoms. The number of nitrogens with one attached hydrogen (secondary N) is 2. The summed E-state index contributed by atoms with van der Waals surface area (Å²) >= 11 is 0. The Bertz CT molecular complexity index is 1030. The van der Waals surface area contributed by atoms with Gasteiger partial charge < -0.3 is 5.32 Å². The van der Waals surface area contributed by atoms with Crippen LogP contribution >= 0.6 is 0 Å². The molecule has 0 radical (unpaired) electrons. The minimum absolute atomic E-state index is 0.199. The summed E-state index contributed by atoms with van der Waals surface area (Å²) in [6.45, 7) is 1.57. The molecule has 0 aromatic heterocycles. The summed E-state index contributed by atoms with van der Waals surface area (Å²) < 4.78 is 38.1. The Morgan fingerprint density at radius 3 is 2.46 bits per heavy atom. The standard InChI is InChI=1S/C21H18F3N3O/c1-14(16-10-9-15-5-2-3-6-17(15)11-16)26-27-20(28)13-25-19-8-4-7-18(12-19)21(22,23)24/h2-12,25H,13H2,1H3,(H,27,28)/b26-14+. The third kappa shape index (κ3) is 4.88. The summed E-state index contributed by atoms with van der Waals surface area (Å²) in [5.41, 5.74) is 3.33. The molecule has 3 rings (SSSR count). The topological polar surface area (TPSA) is 53.5 Å². The molecular formula is C21H18F3N3O. The first-order valence-corrected chi connectivity index (χ1v) is 8.56. The maximum atomic E-state index is 12.7. The Hall–Kier alpha value is -3.35. The number of rotatable bonds is 5. The monoisotopic (exact) mass is 385 g/mol. The lowest BCUT2D eigenvalue weighted by atomic mass is 10.0. The third-order valence-corrected chi connectivity index (χ3v) is 4.16. The maximum absolute atomic E-state index is 12.7. The summed E-state index contributed by atoms with van der Waals surface area (Å²) in [5.74, 6) is -0.461. The number of amides is 1. The van der Waals surface area contributed by atoms with Gasteiger partial charge in [0.1, 0.15) is 0 Å². The van der Waals surface area contributed by atoms with E-state index in [-0.39, 0.29) is 12.2 Å². The van der Waals surface area contributed by atoms with Crippen LogP contribution in [0.4, 0.5) is 18.9 Å². The fourth-order valence-electron chi connectivity index (χ4n) is 2.65. The van der Waals surface area contributed by atoms with Gasteiger partial charge in [-0.15, -0.1) is 0 Å². The highest BCUT2D eigenvalue weighted by molar-refractivity contribution is 6.02. The lowest BCUT2D eigenvalue weighted by Crippen LogP contribution is -2.26. The van der Waals surface area contributed by atoms with Crippen LogP contribution in [0, 0.1) is 0 Å². The van der Waals surface area contributed by atoms with E-state index in [4.69, 9.17) is 0 Å². The zero-order valence-corrected chi connectivity index (χ0v) is 15.0. The second kappa shape index (κ2) is 8.12. The number of halogens is 3. The van der Waals surface area contributed by atoms with Gasteiger partial charge in [0, 0.05) is 5.69 Å². The van der Waals surface area contributed by atoms with Crippen molar-refractivity contribution < 1.29 is 18.0 Å². The number of hydrazone groups is 1. The fraction of sp³-hybridized carbons (Fsp3) is 0.143. The molecule has 0 aliphatic carbocycles. The lowest BCUT2D eigenvalue weighted by molar-refractivity contribution is -0.137. The highest BCUT2D eigenvalue weighted by Gasteiger charge is 2.30. The van der Waals surface area contributed by atoms with Crippen LogP contribution in [-0.2, 0) is 11.0 Å². The number of carbonyl (C=O) groups is 1. The number of carbonyl (C=O) groups excluding carboxylic acids is 1. The van der Waals surface area contributed by atoms with Crippen LogP contribution in [0.2, 0.25) is 0 Å². The van der Waals surface area contributed by atoms with Gasteiger partial charge in [-0.05, 0) is 47.5 Å². The summed E-state index contributed by atoms with van der Waals surface area (Å²) in [6, 6.07) is 18.4. The van der Waals surface area contributed by atoms with Gasteiger partial charge in [-0.25, -0.2) is 5.43 Å². The molecule has 0 aliphatic heterocycles. The summed E-state index contributed by atoms with van der Waals surface area (Å²) in [7, 11) is 0. The van der Waals surface area contributed by atoms with Crippen molar-refractivity contribution >= 4 is 28.1 Å². The van der Waals surface area contributed by atoms with Crippen LogP contribution in [0.25, 0.3) is 10.8 Å². The Balaban J connectivity index is 1.60. The van der Waals surface area contributed by atoms with E-state index in [0.29, 0.717) is 5.71 Å². The molecule has 0 heterocycles. The molecule has 0 fully saturated rings. The fourth-order valence-corrected chi connectivity index (χ4v) is 2.65. The Labute approximate surface area is 160 Å². The average molecular weight is 385 g/mol. The molecule has 3 aromatic rings. The number of nitrogens with zero attached hydrogens (tertiary/aromatic N) is 1. The lowest BCUT2D eigenvalue weighted by Gasteiger charge is -2.10. The molecular weight excluding hydrogens is 367 g/mol. The second-order valence-electron chi connectivity index (χ2n) is 6.23. The summed E-state index contributed by atoms with van der Waals surface area (Å²) in [5, 5.41) is 8.90. The SMILES string of the molecule is C/C(=N\NC(=O)CNc1cccc(C(F)(F)F)c1)c1ccc2ccccc2c1. The largest absolute Gasteiger partial charge is 0.416 e. The molecule has 0 saturated carbocycles. The van der Waals surface area contributed by atoms with Gasteiger partial charge in [0.2, 0.25) is 0 Å². The van der Waals surface area contributed by atoms with Crippen molar-refractivity contribution in [2.24, 2.45) is 5.10 Å². The van der Waals surface area contributed by atoms with Gasteiger partial charge in [0.15, 0.2) is 0 Å². The molecule has 0 bridgehead atoms. The zero-order valence-electron chi connectivity index (χ0n) is 15.0. The second-order valence-corrected chi connectivity index (χ2v) is 6.23. The number of hydrogen-bond donors (Lipinski definition) is 2. The highest BCUT2D eigenvalue weighted by atomic mass is 19.4. The van der Waals surface area contributed by atoms with E-state index in [9.17, 15) is 18.0 Å². The maximum Gasteiger partial charge on any atom is 0.416 e. The Morgan fingerprint density at radius 2 is 1.71 bits per heavy atom. The van der Waals surface area contributed by atoms with Crippen molar-refractivity contribution in [1.29, 1.82) is 0 Å². The molecule has 0 aliphatic rings. The molecule has 0 spiro atoms. The van der Waals surface area contributed by atoms with Crippen LogP contribution in [0.1, 0.15) is 18.1 Å². The summed E-state index contributed by atoms with van der Waals surface area (Å²) in [6.07, 6.45) is -4.43. The van der Waals surface area contributed by atoms with E-state index in [2.05, 4.69) is 15.8 Å². The van der Waals surface area contributed by atoms with Crippen molar-refractivity contribution in [2.45, 2.75) is 13.1 Å². The van der Waals surface area contributed by atoms with Gasteiger partial charge >= 0.3 is 6.18 Å². The number of hydrogen-bond acceptors (Lipinski definition) is 3. The summed E-state index contributed by atoms with van der Waals surface area (Å²) in [4.78, 5) is 11.9. The van der Waals surface area contributed by atoms with Crippen molar-refractivity contribution in [3.05, 3.63) is 77.9 Å². The molecule has 0 unspecified atom stereocenters. The van der Waals surface area contributed by atoms with E-state index in [1.165, 1.54) is 12.1 Å². The van der Waals surface area contributed by atoms with E-state index < -0.39 is 17.6 Å². The van der Waals surface area contributed by atoms with Crippen molar-refractivity contribution in [3.63, 3.8) is 0 Å².